The minimum atomic E-state index is 0.0381. The van der Waals surface area contributed by atoms with Crippen molar-refractivity contribution in [3.8, 4) is 0 Å². The van der Waals surface area contributed by atoms with Crippen LogP contribution in [0.25, 0.3) is 0 Å². The molecule has 0 aliphatic rings. The third-order valence-corrected chi connectivity index (χ3v) is 2.21. The van der Waals surface area contributed by atoms with Crippen LogP contribution < -0.4 is 4.90 Å². The predicted molar refractivity (Wildman–Crippen MR) is 56.5 cm³/mol. The summed E-state index contributed by atoms with van der Waals surface area (Å²) >= 11 is 0. The van der Waals surface area contributed by atoms with Gasteiger partial charge in [-0.1, -0.05) is 0 Å². The Labute approximate surface area is 84.6 Å². The van der Waals surface area contributed by atoms with Gasteiger partial charge < -0.3 is 10.0 Å². The van der Waals surface area contributed by atoms with Crippen molar-refractivity contribution >= 4 is 5.95 Å². The first-order valence-corrected chi connectivity index (χ1v) is 4.70. The fourth-order valence-electron chi connectivity index (χ4n) is 1.18. The van der Waals surface area contributed by atoms with Crippen LogP contribution in [0.5, 0.6) is 0 Å². The summed E-state index contributed by atoms with van der Waals surface area (Å²) < 4.78 is 0. The monoisotopic (exact) mass is 195 g/mol. The van der Waals surface area contributed by atoms with Gasteiger partial charge in [-0.3, -0.25) is 0 Å². The van der Waals surface area contributed by atoms with Crippen molar-refractivity contribution in [3.05, 3.63) is 17.5 Å². The van der Waals surface area contributed by atoms with Crippen LogP contribution in [0.1, 0.15) is 18.3 Å². The van der Waals surface area contributed by atoms with Gasteiger partial charge in [-0.15, -0.1) is 0 Å². The molecule has 1 atom stereocenters. The fraction of sp³-hybridized carbons (Fsp3) is 0.600. The molecule has 1 aromatic rings. The Kier molecular flexibility index (Phi) is 3.41. The highest BCUT2D eigenvalue weighted by atomic mass is 16.3. The lowest BCUT2D eigenvalue weighted by Crippen LogP contribution is -2.33. The molecule has 1 unspecified atom stereocenters. The summed E-state index contributed by atoms with van der Waals surface area (Å²) in [5.74, 6) is 0.670. The van der Waals surface area contributed by atoms with Crippen molar-refractivity contribution in [2.45, 2.75) is 26.8 Å². The first-order valence-electron chi connectivity index (χ1n) is 4.70. The van der Waals surface area contributed by atoms with Gasteiger partial charge in [-0.05, 0) is 26.8 Å². The number of aromatic nitrogens is 2. The zero-order valence-electron chi connectivity index (χ0n) is 9.15. The van der Waals surface area contributed by atoms with Crippen molar-refractivity contribution in [3.63, 3.8) is 0 Å². The van der Waals surface area contributed by atoms with E-state index in [4.69, 9.17) is 5.11 Å². The minimum Gasteiger partial charge on any atom is -0.394 e. The first kappa shape index (κ1) is 10.9. The van der Waals surface area contributed by atoms with Crippen LogP contribution in [0.4, 0.5) is 5.95 Å². The highest BCUT2D eigenvalue weighted by Gasteiger charge is 2.11. The Morgan fingerprint density at radius 1 is 1.36 bits per heavy atom. The van der Waals surface area contributed by atoms with Gasteiger partial charge >= 0.3 is 0 Å². The summed E-state index contributed by atoms with van der Waals surface area (Å²) in [6.07, 6.45) is 0. The second kappa shape index (κ2) is 4.37. The molecule has 0 amide bonds. The van der Waals surface area contributed by atoms with E-state index in [1.54, 1.807) is 0 Å². The van der Waals surface area contributed by atoms with Crippen LogP contribution >= 0.6 is 0 Å². The van der Waals surface area contributed by atoms with Crippen LogP contribution in [0.2, 0.25) is 0 Å². The number of aliphatic hydroxyl groups excluding tert-OH is 1. The number of likely N-dealkylation sites (N-methyl/N-ethyl adjacent to an activating group) is 1. The van der Waals surface area contributed by atoms with E-state index in [1.165, 1.54) is 0 Å². The van der Waals surface area contributed by atoms with E-state index in [9.17, 15) is 0 Å². The second-order valence-electron chi connectivity index (χ2n) is 3.59. The van der Waals surface area contributed by atoms with Gasteiger partial charge in [0.25, 0.3) is 0 Å². The van der Waals surface area contributed by atoms with Gasteiger partial charge in [0, 0.05) is 18.4 Å². The predicted octanol–water partition coefficient (Wildman–Crippen LogP) is 0.910. The van der Waals surface area contributed by atoms with Crippen molar-refractivity contribution in [1.29, 1.82) is 0 Å². The maximum absolute atomic E-state index is 9.01. The maximum atomic E-state index is 9.01. The molecule has 0 radical (unpaired) electrons. The smallest absolute Gasteiger partial charge is 0.225 e. The number of aryl methyl sites for hydroxylation is 2. The van der Waals surface area contributed by atoms with Crippen LogP contribution in [-0.4, -0.2) is 34.8 Å². The van der Waals surface area contributed by atoms with Gasteiger partial charge in [-0.25, -0.2) is 9.97 Å². The van der Waals surface area contributed by atoms with E-state index in [1.807, 2.05) is 38.8 Å². The van der Waals surface area contributed by atoms with E-state index < -0.39 is 0 Å². The Balaban J connectivity index is 2.94. The van der Waals surface area contributed by atoms with Crippen molar-refractivity contribution < 1.29 is 5.11 Å². The molecule has 0 aromatic carbocycles. The molecule has 0 spiro atoms. The number of nitrogens with zero attached hydrogens (tertiary/aromatic N) is 3. The van der Waals surface area contributed by atoms with Crippen LogP contribution in [-0.2, 0) is 0 Å². The average molecular weight is 195 g/mol. The molecule has 1 aromatic heterocycles. The quantitative estimate of drug-likeness (QED) is 0.779. The topological polar surface area (TPSA) is 49.2 Å². The number of rotatable bonds is 3. The summed E-state index contributed by atoms with van der Waals surface area (Å²) in [4.78, 5) is 10.5. The molecule has 1 heterocycles. The SMILES string of the molecule is Cc1cc(C)nc(N(C)C(C)CO)n1. The lowest BCUT2D eigenvalue weighted by molar-refractivity contribution is 0.269. The highest BCUT2D eigenvalue weighted by Crippen LogP contribution is 2.10. The number of aliphatic hydroxyl groups is 1. The number of hydrogen-bond acceptors (Lipinski definition) is 4. The normalized spacial score (nSPS) is 12.6. The molecule has 0 bridgehead atoms. The molecule has 0 saturated heterocycles. The largest absolute Gasteiger partial charge is 0.394 e. The Morgan fingerprint density at radius 2 is 1.86 bits per heavy atom. The molecule has 4 heteroatoms. The molecule has 0 aliphatic heterocycles. The average Bonchev–Trinajstić information content (AvgIpc) is 2.14. The molecule has 78 valence electrons. The van der Waals surface area contributed by atoms with Crippen LogP contribution in [0.15, 0.2) is 6.07 Å². The van der Waals surface area contributed by atoms with Gasteiger partial charge in [0.15, 0.2) is 0 Å². The van der Waals surface area contributed by atoms with Crippen molar-refractivity contribution in [2.24, 2.45) is 0 Å². The van der Waals surface area contributed by atoms with Gasteiger partial charge in [-0.2, -0.15) is 0 Å². The zero-order valence-corrected chi connectivity index (χ0v) is 9.15. The van der Waals surface area contributed by atoms with Gasteiger partial charge in [0.2, 0.25) is 5.95 Å². The molecule has 1 N–H and O–H groups in total. The van der Waals surface area contributed by atoms with Crippen LogP contribution in [0.3, 0.4) is 0 Å². The van der Waals surface area contributed by atoms with E-state index in [2.05, 4.69) is 9.97 Å². The van der Waals surface area contributed by atoms with E-state index in [-0.39, 0.29) is 12.6 Å². The highest BCUT2D eigenvalue weighted by molar-refractivity contribution is 5.32. The summed E-state index contributed by atoms with van der Waals surface area (Å²) in [7, 11) is 1.88. The summed E-state index contributed by atoms with van der Waals surface area (Å²) in [6.45, 7) is 5.92. The fourth-order valence-corrected chi connectivity index (χ4v) is 1.18. The molecular formula is C10H17N3O. The molecule has 1 rings (SSSR count). The molecule has 14 heavy (non-hydrogen) atoms. The minimum absolute atomic E-state index is 0.0381. The molecule has 0 fully saturated rings. The second-order valence-corrected chi connectivity index (χ2v) is 3.59. The Morgan fingerprint density at radius 3 is 2.29 bits per heavy atom. The maximum Gasteiger partial charge on any atom is 0.225 e. The third-order valence-electron chi connectivity index (χ3n) is 2.21. The van der Waals surface area contributed by atoms with Crippen LogP contribution in [0, 0.1) is 13.8 Å². The lowest BCUT2D eigenvalue weighted by Gasteiger charge is -2.23. The van der Waals surface area contributed by atoms with Crippen molar-refractivity contribution in [2.75, 3.05) is 18.6 Å². The van der Waals surface area contributed by atoms with Gasteiger partial charge in [0.05, 0.1) is 12.6 Å². The van der Waals surface area contributed by atoms with Crippen molar-refractivity contribution in [1.82, 2.24) is 9.97 Å². The van der Waals surface area contributed by atoms with E-state index in [0.717, 1.165) is 11.4 Å². The van der Waals surface area contributed by atoms with E-state index >= 15 is 0 Å². The zero-order chi connectivity index (χ0) is 10.7. The van der Waals surface area contributed by atoms with Gasteiger partial charge in [0.1, 0.15) is 0 Å². The molecule has 0 aliphatic carbocycles. The molecular weight excluding hydrogens is 178 g/mol. The summed E-state index contributed by atoms with van der Waals surface area (Å²) in [6, 6.07) is 1.97. The standard InChI is InChI=1S/C10H17N3O/c1-7-5-8(2)12-10(11-7)13(4)9(3)6-14/h5,9,14H,6H2,1-4H3. The lowest BCUT2D eigenvalue weighted by atomic mass is 10.3. The molecule has 4 nitrogen and oxygen atoms in total. The summed E-state index contributed by atoms with van der Waals surface area (Å²) in [5, 5.41) is 9.01. The Hall–Kier alpha value is -1.16. The molecule has 0 saturated carbocycles. The summed E-state index contributed by atoms with van der Waals surface area (Å²) in [5.41, 5.74) is 1.90. The number of anilines is 1. The van der Waals surface area contributed by atoms with E-state index in [0.29, 0.717) is 5.95 Å². The number of hydrogen-bond donors (Lipinski definition) is 1. The Bertz CT molecular complexity index is 294. The third kappa shape index (κ3) is 2.42. The first-order chi connectivity index (χ1) is 6.54.